The van der Waals surface area contributed by atoms with Gasteiger partial charge in [-0.15, -0.1) is 6.42 Å². The van der Waals surface area contributed by atoms with E-state index in [2.05, 4.69) is 17.7 Å². The number of likely N-dealkylation sites (N-methyl/N-ethyl adjacent to an activating group) is 2. The summed E-state index contributed by atoms with van der Waals surface area (Å²) in [6.07, 6.45) is 6.09. The molecular formula is C10H16N2O. The molecule has 3 heteroatoms. The van der Waals surface area contributed by atoms with E-state index in [1.54, 1.807) is 11.9 Å². The van der Waals surface area contributed by atoms with Crippen molar-refractivity contribution in [1.29, 1.82) is 0 Å². The first-order valence-electron chi connectivity index (χ1n) is 4.64. The highest BCUT2D eigenvalue weighted by atomic mass is 16.2. The molecule has 1 amide bonds. The van der Waals surface area contributed by atoms with Gasteiger partial charge in [-0.25, -0.2) is 0 Å². The molecule has 0 N–H and O–H groups in total. The van der Waals surface area contributed by atoms with Crippen LogP contribution in [0.2, 0.25) is 0 Å². The monoisotopic (exact) mass is 180 g/mol. The van der Waals surface area contributed by atoms with Crippen LogP contribution in [0.25, 0.3) is 0 Å². The second kappa shape index (κ2) is 4.29. The van der Waals surface area contributed by atoms with E-state index in [9.17, 15) is 4.79 Å². The molecule has 0 saturated carbocycles. The summed E-state index contributed by atoms with van der Waals surface area (Å²) in [6.45, 7) is 5.21. The summed E-state index contributed by atoms with van der Waals surface area (Å²) in [4.78, 5) is 15.2. The Labute approximate surface area is 79.7 Å². The number of rotatable bonds is 2. The molecule has 0 aromatic heterocycles. The van der Waals surface area contributed by atoms with Crippen LogP contribution in [-0.2, 0) is 4.79 Å². The van der Waals surface area contributed by atoms with Crippen LogP contribution in [0.3, 0.4) is 0 Å². The Kier molecular flexibility index (Phi) is 3.32. The molecule has 1 heterocycles. The first-order chi connectivity index (χ1) is 6.19. The Morgan fingerprint density at radius 3 is 2.92 bits per heavy atom. The molecule has 0 radical (unpaired) electrons. The van der Waals surface area contributed by atoms with Gasteiger partial charge in [0.2, 0.25) is 0 Å². The van der Waals surface area contributed by atoms with Crippen LogP contribution in [0.15, 0.2) is 0 Å². The van der Waals surface area contributed by atoms with Crippen LogP contribution in [0.1, 0.15) is 13.3 Å². The lowest BCUT2D eigenvalue weighted by atomic mass is 10.2. The zero-order chi connectivity index (χ0) is 9.84. The lowest BCUT2D eigenvalue weighted by molar-refractivity contribution is -0.125. The average molecular weight is 180 g/mol. The highest BCUT2D eigenvalue weighted by molar-refractivity contribution is 5.92. The highest BCUT2D eigenvalue weighted by Crippen LogP contribution is 2.13. The second-order valence-corrected chi connectivity index (χ2v) is 3.40. The fraction of sp³-hybridized carbons (Fsp3) is 0.700. The van der Waals surface area contributed by atoms with Crippen LogP contribution >= 0.6 is 0 Å². The maximum absolute atomic E-state index is 11.2. The number of hydrogen-bond donors (Lipinski definition) is 0. The Bertz CT molecular complexity index is 232. The fourth-order valence-electron chi connectivity index (χ4n) is 1.68. The number of hydrogen-bond acceptors (Lipinski definition) is 2. The number of carbonyl (C=O) groups is 1. The van der Waals surface area contributed by atoms with E-state index in [0.29, 0.717) is 6.04 Å². The zero-order valence-electron chi connectivity index (χ0n) is 8.29. The van der Waals surface area contributed by atoms with Gasteiger partial charge >= 0.3 is 0 Å². The van der Waals surface area contributed by atoms with Crippen LogP contribution in [0.5, 0.6) is 0 Å². The maximum atomic E-state index is 11.2. The van der Waals surface area contributed by atoms with Crippen molar-refractivity contribution in [3.63, 3.8) is 0 Å². The summed E-state index contributed by atoms with van der Waals surface area (Å²) in [5, 5.41) is 0. The van der Waals surface area contributed by atoms with Crippen molar-refractivity contribution in [3.05, 3.63) is 0 Å². The maximum Gasteiger partial charge on any atom is 0.298 e. The lowest BCUT2D eigenvalue weighted by Crippen LogP contribution is -2.38. The van der Waals surface area contributed by atoms with Crippen LogP contribution in [0.4, 0.5) is 0 Å². The van der Waals surface area contributed by atoms with Gasteiger partial charge in [-0.05, 0) is 18.9 Å². The zero-order valence-corrected chi connectivity index (χ0v) is 8.29. The molecule has 1 saturated heterocycles. The average Bonchev–Trinajstić information content (AvgIpc) is 2.63. The van der Waals surface area contributed by atoms with E-state index in [1.165, 1.54) is 0 Å². The standard InChI is InChI=1S/C10H16N2O/c1-4-10(13)11(3)9-6-7-12(5-2)8-9/h1,9H,5-8H2,2-3H3. The fourth-order valence-corrected chi connectivity index (χ4v) is 1.68. The molecule has 1 aliphatic heterocycles. The van der Waals surface area contributed by atoms with Gasteiger partial charge in [0.25, 0.3) is 5.91 Å². The third kappa shape index (κ3) is 2.22. The van der Waals surface area contributed by atoms with Gasteiger partial charge in [-0.3, -0.25) is 4.79 Å². The first kappa shape index (κ1) is 10.1. The third-order valence-electron chi connectivity index (χ3n) is 2.69. The Hall–Kier alpha value is -1.01. The number of likely N-dealkylation sites (tertiary alicyclic amines) is 1. The molecule has 0 bridgehead atoms. The van der Waals surface area contributed by atoms with Crippen molar-refractivity contribution in [2.45, 2.75) is 19.4 Å². The summed E-state index contributed by atoms with van der Waals surface area (Å²) in [7, 11) is 1.78. The number of terminal acetylenes is 1. The number of carbonyl (C=O) groups excluding carboxylic acids is 1. The van der Waals surface area contributed by atoms with Crippen molar-refractivity contribution < 1.29 is 4.79 Å². The van der Waals surface area contributed by atoms with E-state index < -0.39 is 0 Å². The van der Waals surface area contributed by atoms with Crippen molar-refractivity contribution >= 4 is 5.91 Å². The molecule has 1 aliphatic rings. The SMILES string of the molecule is C#CC(=O)N(C)C1CCN(CC)C1. The minimum atomic E-state index is -0.206. The smallest absolute Gasteiger partial charge is 0.298 e. The molecule has 13 heavy (non-hydrogen) atoms. The highest BCUT2D eigenvalue weighted by Gasteiger charge is 2.26. The summed E-state index contributed by atoms with van der Waals surface area (Å²) in [5.74, 6) is 1.94. The summed E-state index contributed by atoms with van der Waals surface area (Å²) in [5.41, 5.74) is 0. The van der Waals surface area contributed by atoms with Crippen molar-refractivity contribution in [2.24, 2.45) is 0 Å². The topological polar surface area (TPSA) is 23.6 Å². The molecule has 0 spiro atoms. The van der Waals surface area contributed by atoms with E-state index >= 15 is 0 Å². The van der Waals surface area contributed by atoms with Gasteiger partial charge in [0, 0.05) is 26.2 Å². The van der Waals surface area contributed by atoms with E-state index in [0.717, 1.165) is 26.1 Å². The summed E-state index contributed by atoms with van der Waals surface area (Å²) < 4.78 is 0. The van der Waals surface area contributed by atoms with Crippen molar-refractivity contribution in [1.82, 2.24) is 9.80 Å². The second-order valence-electron chi connectivity index (χ2n) is 3.40. The predicted octanol–water partition coefficient (Wildman–Crippen LogP) is 0.172. The van der Waals surface area contributed by atoms with Crippen LogP contribution < -0.4 is 0 Å². The van der Waals surface area contributed by atoms with Crippen LogP contribution in [0, 0.1) is 12.3 Å². The first-order valence-corrected chi connectivity index (χ1v) is 4.64. The normalized spacial score (nSPS) is 22.7. The van der Waals surface area contributed by atoms with Gasteiger partial charge < -0.3 is 9.80 Å². The number of amides is 1. The molecule has 72 valence electrons. The third-order valence-corrected chi connectivity index (χ3v) is 2.69. The van der Waals surface area contributed by atoms with Crippen molar-refractivity contribution in [2.75, 3.05) is 26.7 Å². The minimum Gasteiger partial charge on any atom is -0.331 e. The molecule has 1 unspecified atom stereocenters. The quantitative estimate of drug-likeness (QED) is 0.566. The molecule has 3 nitrogen and oxygen atoms in total. The van der Waals surface area contributed by atoms with E-state index in [1.807, 2.05) is 0 Å². The van der Waals surface area contributed by atoms with Gasteiger partial charge in [0.05, 0.1) is 0 Å². The van der Waals surface area contributed by atoms with E-state index in [4.69, 9.17) is 6.42 Å². The minimum absolute atomic E-state index is 0.206. The molecular weight excluding hydrogens is 164 g/mol. The predicted molar refractivity (Wildman–Crippen MR) is 52.1 cm³/mol. The van der Waals surface area contributed by atoms with Gasteiger partial charge in [0.15, 0.2) is 0 Å². The lowest BCUT2D eigenvalue weighted by Gasteiger charge is -2.22. The number of nitrogens with zero attached hydrogens (tertiary/aromatic N) is 2. The Balaban J connectivity index is 2.47. The van der Waals surface area contributed by atoms with Gasteiger partial charge in [0.1, 0.15) is 0 Å². The van der Waals surface area contributed by atoms with Crippen molar-refractivity contribution in [3.8, 4) is 12.3 Å². The Morgan fingerprint density at radius 1 is 1.77 bits per heavy atom. The van der Waals surface area contributed by atoms with E-state index in [-0.39, 0.29) is 5.91 Å². The molecule has 0 aromatic carbocycles. The summed E-state index contributed by atoms with van der Waals surface area (Å²) in [6, 6.07) is 0.309. The molecule has 1 rings (SSSR count). The molecule has 0 aliphatic carbocycles. The van der Waals surface area contributed by atoms with Crippen LogP contribution in [-0.4, -0.2) is 48.4 Å². The molecule has 1 atom stereocenters. The van der Waals surface area contributed by atoms with Gasteiger partial charge in [-0.2, -0.15) is 0 Å². The van der Waals surface area contributed by atoms with Gasteiger partial charge in [-0.1, -0.05) is 6.92 Å². The molecule has 0 aromatic rings. The Morgan fingerprint density at radius 2 is 2.46 bits per heavy atom. The summed E-state index contributed by atoms with van der Waals surface area (Å²) >= 11 is 0. The molecule has 1 fully saturated rings. The largest absolute Gasteiger partial charge is 0.331 e.